The molecule has 0 saturated carbocycles. The van der Waals surface area contributed by atoms with Gasteiger partial charge in [0.05, 0.1) is 0 Å². The minimum Gasteiger partial charge on any atom is -0.294 e. The molecule has 0 fully saturated rings. The Morgan fingerprint density at radius 3 is 2.93 bits per heavy atom. The fourth-order valence-electron chi connectivity index (χ4n) is 2.28. The standard InChI is InChI=1S/C14H18O/c1-3-4-5-11-6-7-13-12(9-11)8-10(2)14(13)15/h6-7,9-10H,3-5,8H2,1-2H3. The molecule has 0 heterocycles. The molecule has 80 valence electrons. The first-order chi connectivity index (χ1) is 7.22. The fraction of sp³-hybridized carbons (Fsp3) is 0.500. The van der Waals surface area contributed by atoms with E-state index >= 15 is 0 Å². The third kappa shape index (κ3) is 1.97. The van der Waals surface area contributed by atoms with Gasteiger partial charge >= 0.3 is 0 Å². The summed E-state index contributed by atoms with van der Waals surface area (Å²) in [5, 5.41) is 0. The van der Waals surface area contributed by atoms with Gasteiger partial charge in [-0.2, -0.15) is 0 Å². The molecule has 2 rings (SSSR count). The van der Waals surface area contributed by atoms with Crippen LogP contribution in [0.1, 0.15) is 48.2 Å². The van der Waals surface area contributed by atoms with Crippen molar-refractivity contribution in [3.05, 3.63) is 34.9 Å². The first-order valence-electron chi connectivity index (χ1n) is 5.88. The number of ketones is 1. The lowest BCUT2D eigenvalue weighted by Gasteiger charge is -2.02. The first kappa shape index (κ1) is 10.4. The van der Waals surface area contributed by atoms with Crippen LogP contribution in [-0.2, 0) is 12.8 Å². The van der Waals surface area contributed by atoms with Gasteiger partial charge in [0, 0.05) is 11.5 Å². The summed E-state index contributed by atoms with van der Waals surface area (Å²) in [6, 6.07) is 6.36. The molecule has 1 aliphatic carbocycles. The molecule has 0 aliphatic heterocycles. The molecule has 0 N–H and O–H groups in total. The Balaban J connectivity index is 2.22. The van der Waals surface area contributed by atoms with Crippen LogP contribution in [0.4, 0.5) is 0 Å². The molecule has 1 aromatic carbocycles. The highest BCUT2D eigenvalue weighted by molar-refractivity contribution is 6.02. The smallest absolute Gasteiger partial charge is 0.166 e. The van der Waals surface area contributed by atoms with E-state index in [1.54, 1.807) is 0 Å². The monoisotopic (exact) mass is 202 g/mol. The predicted octanol–water partition coefficient (Wildman–Crippen LogP) is 3.40. The number of hydrogen-bond donors (Lipinski definition) is 0. The maximum absolute atomic E-state index is 11.7. The van der Waals surface area contributed by atoms with Gasteiger partial charge in [0.25, 0.3) is 0 Å². The van der Waals surface area contributed by atoms with Gasteiger partial charge in [-0.25, -0.2) is 0 Å². The zero-order chi connectivity index (χ0) is 10.8. The van der Waals surface area contributed by atoms with E-state index in [0.29, 0.717) is 5.78 Å². The van der Waals surface area contributed by atoms with Crippen LogP contribution >= 0.6 is 0 Å². The Morgan fingerprint density at radius 2 is 2.20 bits per heavy atom. The molecule has 0 saturated heterocycles. The van der Waals surface area contributed by atoms with Crippen LogP contribution in [0.5, 0.6) is 0 Å². The van der Waals surface area contributed by atoms with E-state index in [0.717, 1.165) is 18.4 Å². The lowest BCUT2D eigenvalue weighted by Crippen LogP contribution is -2.02. The predicted molar refractivity (Wildman–Crippen MR) is 62.3 cm³/mol. The van der Waals surface area contributed by atoms with E-state index < -0.39 is 0 Å². The summed E-state index contributed by atoms with van der Waals surface area (Å²) in [5.74, 6) is 0.522. The van der Waals surface area contributed by atoms with Gasteiger partial charge in [-0.05, 0) is 30.4 Å². The number of carbonyl (C=O) groups is 1. The van der Waals surface area contributed by atoms with Crippen molar-refractivity contribution < 1.29 is 4.79 Å². The molecular weight excluding hydrogens is 184 g/mol. The minimum absolute atomic E-state index is 0.196. The van der Waals surface area contributed by atoms with Crippen LogP contribution in [0.25, 0.3) is 0 Å². The average Bonchev–Trinajstić information content (AvgIpc) is 2.52. The lowest BCUT2D eigenvalue weighted by atomic mass is 10.0. The van der Waals surface area contributed by atoms with Gasteiger partial charge in [-0.3, -0.25) is 4.79 Å². The van der Waals surface area contributed by atoms with Gasteiger partial charge in [0.15, 0.2) is 5.78 Å². The fourth-order valence-corrected chi connectivity index (χ4v) is 2.28. The Kier molecular flexibility index (Phi) is 2.90. The Labute approximate surface area is 91.5 Å². The van der Waals surface area contributed by atoms with Crippen molar-refractivity contribution in [1.82, 2.24) is 0 Å². The van der Waals surface area contributed by atoms with Gasteiger partial charge in [-0.1, -0.05) is 38.5 Å². The number of carbonyl (C=O) groups excluding carboxylic acids is 1. The highest BCUT2D eigenvalue weighted by Crippen LogP contribution is 2.27. The summed E-state index contributed by atoms with van der Waals surface area (Å²) >= 11 is 0. The van der Waals surface area contributed by atoms with E-state index in [-0.39, 0.29) is 5.92 Å². The molecule has 1 aliphatic rings. The zero-order valence-electron chi connectivity index (χ0n) is 9.55. The van der Waals surface area contributed by atoms with Crippen molar-refractivity contribution in [2.45, 2.75) is 39.5 Å². The molecule has 15 heavy (non-hydrogen) atoms. The van der Waals surface area contributed by atoms with E-state index in [1.165, 1.54) is 24.0 Å². The quantitative estimate of drug-likeness (QED) is 0.734. The van der Waals surface area contributed by atoms with Crippen molar-refractivity contribution in [2.24, 2.45) is 5.92 Å². The highest BCUT2D eigenvalue weighted by atomic mass is 16.1. The average molecular weight is 202 g/mol. The Hall–Kier alpha value is -1.11. The maximum atomic E-state index is 11.7. The third-order valence-electron chi connectivity index (χ3n) is 3.23. The van der Waals surface area contributed by atoms with E-state index in [1.807, 2.05) is 13.0 Å². The highest BCUT2D eigenvalue weighted by Gasteiger charge is 2.26. The largest absolute Gasteiger partial charge is 0.294 e. The summed E-state index contributed by atoms with van der Waals surface area (Å²) < 4.78 is 0. The Bertz CT molecular complexity index is 379. The van der Waals surface area contributed by atoms with Crippen LogP contribution in [0, 0.1) is 5.92 Å². The second-order valence-electron chi connectivity index (χ2n) is 4.56. The summed E-state index contributed by atoms with van der Waals surface area (Å²) in [6.45, 7) is 4.23. The van der Waals surface area contributed by atoms with Gasteiger partial charge in [-0.15, -0.1) is 0 Å². The lowest BCUT2D eigenvalue weighted by molar-refractivity contribution is 0.0946. The minimum atomic E-state index is 0.196. The SMILES string of the molecule is CCCCc1ccc2c(c1)CC(C)C2=O. The maximum Gasteiger partial charge on any atom is 0.166 e. The van der Waals surface area contributed by atoms with Crippen molar-refractivity contribution >= 4 is 5.78 Å². The summed E-state index contributed by atoms with van der Waals surface area (Å²) in [7, 11) is 0. The molecule has 1 heteroatoms. The van der Waals surface area contributed by atoms with Crippen LogP contribution in [-0.4, -0.2) is 5.78 Å². The van der Waals surface area contributed by atoms with E-state index in [4.69, 9.17) is 0 Å². The number of hydrogen-bond acceptors (Lipinski definition) is 1. The molecule has 0 radical (unpaired) electrons. The summed E-state index contributed by atoms with van der Waals surface area (Å²) in [4.78, 5) is 11.7. The number of aryl methyl sites for hydroxylation is 1. The van der Waals surface area contributed by atoms with Crippen LogP contribution < -0.4 is 0 Å². The molecule has 0 spiro atoms. The molecule has 1 aromatic rings. The van der Waals surface area contributed by atoms with E-state index in [9.17, 15) is 4.79 Å². The molecule has 0 aromatic heterocycles. The summed E-state index contributed by atoms with van der Waals surface area (Å²) in [6.07, 6.45) is 4.55. The first-order valence-corrected chi connectivity index (χ1v) is 5.88. The zero-order valence-corrected chi connectivity index (χ0v) is 9.55. The third-order valence-corrected chi connectivity index (χ3v) is 3.23. The number of fused-ring (bicyclic) bond motifs is 1. The van der Waals surface area contributed by atoms with Crippen molar-refractivity contribution in [2.75, 3.05) is 0 Å². The molecule has 1 atom stereocenters. The van der Waals surface area contributed by atoms with Crippen molar-refractivity contribution in [3.8, 4) is 0 Å². The number of Topliss-reactive ketones (excluding diaryl/α,β-unsaturated/α-hetero) is 1. The van der Waals surface area contributed by atoms with Gasteiger partial charge < -0.3 is 0 Å². The van der Waals surface area contributed by atoms with Crippen molar-refractivity contribution in [3.63, 3.8) is 0 Å². The van der Waals surface area contributed by atoms with Crippen LogP contribution in [0.3, 0.4) is 0 Å². The second-order valence-corrected chi connectivity index (χ2v) is 4.56. The molecular formula is C14H18O. The van der Waals surface area contributed by atoms with Gasteiger partial charge in [0.1, 0.15) is 0 Å². The molecule has 0 bridgehead atoms. The molecule has 1 unspecified atom stereocenters. The van der Waals surface area contributed by atoms with Crippen molar-refractivity contribution in [1.29, 1.82) is 0 Å². The van der Waals surface area contributed by atoms with Crippen LogP contribution in [0.15, 0.2) is 18.2 Å². The number of unbranched alkanes of at least 4 members (excludes halogenated alkanes) is 1. The molecule has 1 nitrogen and oxygen atoms in total. The number of rotatable bonds is 3. The van der Waals surface area contributed by atoms with E-state index in [2.05, 4.69) is 19.1 Å². The summed E-state index contributed by atoms with van der Waals surface area (Å²) in [5.41, 5.74) is 3.61. The second kappa shape index (κ2) is 4.18. The van der Waals surface area contributed by atoms with Gasteiger partial charge in [0.2, 0.25) is 0 Å². The topological polar surface area (TPSA) is 17.1 Å². The molecule has 0 amide bonds. The normalized spacial score (nSPS) is 19.3. The van der Waals surface area contributed by atoms with Crippen LogP contribution in [0.2, 0.25) is 0 Å². The number of benzene rings is 1. The Morgan fingerprint density at radius 1 is 1.40 bits per heavy atom.